The molecular formula is C24H26N6O. The second-order valence-corrected chi connectivity index (χ2v) is 7.29. The number of para-hydroxylation sites is 2. The van der Waals surface area contributed by atoms with Crippen LogP contribution in [0.4, 0.5) is 17.1 Å². The standard InChI is InChI=1S/C24H26N6O/c1-16-8-6-10-18(14-16)25-22-28-23(26-19-11-7-9-17(2)15-19)30-24(29-22)27-20-12-4-5-13-21(20)31-3/h4-15,24,27H,1-3H3,(H3,25,26,28,29,30). The van der Waals surface area contributed by atoms with Gasteiger partial charge in [-0.05, 0) is 61.4 Å². The predicted octanol–water partition coefficient (Wildman–Crippen LogP) is 4.55. The Hall–Kier alpha value is -4.00. The molecular weight excluding hydrogens is 388 g/mol. The molecule has 3 aromatic carbocycles. The third-order valence-electron chi connectivity index (χ3n) is 4.69. The summed E-state index contributed by atoms with van der Waals surface area (Å²) >= 11 is 0. The summed E-state index contributed by atoms with van der Waals surface area (Å²) in [5, 5.41) is 13.3. The number of hydrogen-bond donors (Lipinski definition) is 4. The average molecular weight is 415 g/mol. The Balaban J connectivity index is 1.60. The van der Waals surface area contributed by atoms with Crippen LogP contribution >= 0.6 is 0 Å². The summed E-state index contributed by atoms with van der Waals surface area (Å²) in [6.45, 7) is 4.11. The predicted molar refractivity (Wildman–Crippen MR) is 128 cm³/mol. The third kappa shape index (κ3) is 5.33. The van der Waals surface area contributed by atoms with Crippen LogP contribution in [-0.2, 0) is 0 Å². The van der Waals surface area contributed by atoms with Gasteiger partial charge in [0.1, 0.15) is 5.75 Å². The van der Waals surface area contributed by atoms with Crippen molar-refractivity contribution in [2.75, 3.05) is 23.1 Å². The molecule has 0 atom stereocenters. The number of hydrogen-bond acceptors (Lipinski definition) is 7. The van der Waals surface area contributed by atoms with Gasteiger partial charge < -0.3 is 20.7 Å². The van der Waals surface area contributed by atoms with Gasteiger partial charge in [0.25, 0.3) is 0 Å². The van der Waals surface area contributed by atoms with Gasteiger partial charge in [0.2, 0.25) is 18.2 Å². The number of benzene rings is 3. The van der Waals surface area contributed by atoms with E-state index in [1.165, 1.54) is 0 Å². The zero-order chi connectivity index (χ0) is 21.6. The van der Waals surface area contributed by atoms with E-state index >= 15 is 0 Å². The van der Waals surface area contributed by atoms with Crippen molar-refractivity contribution in [2.24, 2.45) is 9.98 Å². The summed E-state index contributed by atoms with van der Waals surface area (Å²) < 4.78 is 5.45. The number of aryl methyl sites for hydroxylation is 2. The Morgan fingerprint density at radius 1 is 0.774 bits per heavy atom. The van der Waals surface area contributed by atoms with E-state index in [4.69, 9.17) is 4.74 Å². The zero-order valence-corrected chi connectivity index (χ0v) is 17.8. The first-order valence-electron chi connectivity index (χ1n) is 10.1. The zero-order valence-electron chi connectivity index (χ0n) is 17.8. The monoisotopic (exact) mass is 414 g/mol. The van der Waals surface area contributed by atoms with E-state index < -0.39 is 6.29 Å². The van der Waals surface area contributed by atoms with Crippen LogP contribution in [0.5, 0.6) is 5.75 Å². The first kappa shape index (κ1) is 20.3. The summed E-state index contributed by atoms with van der Waals surface area (Å²) in [6, 6.07) is 23.9. The van der Waals surface area contributed by atoms with Crippen molar-refractivity contribution in [2.45, 2.75) is 20.1 Å². The largest absolute Gasteiger partial charge is 0.495 e. The lowest BCUT2D eigenvalue weighted by atomic mass is 10.2. The molecule has 0 bridgehead atoms. The second kappa shape index (κ2) is 9.21. The molecule has 7 heteroatoms. The van der Waals surface area contributed by atoms with Crippen molar-refractivity contribution in [1.29, 1.82) is 0 Å². The van der Waals surface area contributed by atoms with Gasteiger partial charge in [0.05, 0.1) is 12.8 Å². The van der Waals surface area contributed by atoms with E-state index in [0.29, 0.717) is 11.9 Å². The highest BCUT2D eigenvalue weighted by Crippen LogP contribution is 2.24. The van der Waals surface area contributed by atoms with Gasteiger partial charge in [-0.3, -0.25) is 5.32 Å². The molecule has 1 aliphatic rings. The van der Waals surface area contributed by atoms with Crippen molar-refractivity contribution in [1.82, 2.24) is 5.32 Å². The number of methoxy groups -OCH3 is 1. The molecule has 4 rings (SSSR count). The Morgan fingerprint density at radius 2 is 1.35 bits per heavy atom. The van der Waals surface area contributed by atoms with Crippen molar-refractivity contribution < 1.29 is 4.74 Å². The van der Waals surface area contributed by atoms with Crippen LogP contribution < -0.4 is 26.0 Å². The molecule has 0 spiro atoms. The van der Waals surface area contributed by atoms with Gasteiger partial charge in [0.15, 0.2) is 0 Å². The van der Waals surface area contributed by atoms with Gasteiger partial charge in [-0.2, -0.15) is 0 Å². The van der Waals surface area contributed by atoms with E-state index in [9.17, 15) is 0 Å². The van der Waals surface area contributed by atoms with Gasteiger partial charge in [-0.25, -0.2) is 9.98 Å². The maximum Gasteiger partial charge on any atom is 0.221 e. The average Bonchev–Trinajstić information content (AvgIpc) is 2.74. The lowest BCUT2D eigenvalue weighted by Gasteiger charge is -2.24. The fraction of sp³-hybridized carbons (Fsp3) is 0.167. The fourth-order valence-corrected chi connectivity index (χ4v) is 3.26. The maximum absolute atomic E-state index is 5.45. The van der Waals surface area contributed by atoms with E-state index in [2.05, 4.69) is 69.4 Å². The number of guanidine groups is 2. The summed E-state index contributed by atoms with van der Waals surface area (Å²) in [7, 11) is 1.64. The normalized spacial score (nSPS) is 13.5. The van der Waals surface area contributed by atoms with E-state index in [0.717, 1.165) is 33.9 Å². The second-order valence-electron chi connectivity index (χ2n) is 7.29. The van der Waals surface area contributed by atoms with Crippen LogP contribution in [-0.4, -0.2) is 25.3 Å². The number of anilines is 3. The topological polar surface area (TPSA) is 82.1 Å². The number of rotatable bonds is 5. The highest BCUT2D eigenvalue weighted by molar-refractivity contribution is 6.10. The van der Waals surface area contributed by atoms with E-state index in [1.807, 2.05) is 48.5 Å². The van der Waals surface area contributed by atoms with Crippen LogP contribution in [0.15, 0.2) is 82.8 Å². The lowest BCUT2D eigenvalue weighted by Crippen LogP contribution is -2.45. The van der Waals surface area contributed by atoms with Gasteiger partial charge in [-0.1, -0.05) is 36.4 Å². The molecule has 0 amide bonds. The minimum Gasteiger partial charge on any atom is -0.495 e. The number of nitrogens with zero attached hydrogens (tertiary/aromatic N) is 2. The summed E-state index contributed by atoms with van der Waals surface area (Å²) in [5.41, 5.74) is 5.03. The van der Waals surface area contributed by atoms with Crippen LogP contribution in [0.1, 0.15) is 11.1 Å². The summed E-state index contributed by atoms with van der Waals surface area (Å²) in [4.78, 5) is 9.37. The quantitative estimate of drug-likeness (QED) is 0.493. The van der Waals surface area contributed by atoms with Gasteiger partial charge in [-0.15, -0.1) is 0 Å². The SMILES string of the molecule is COc1ccccc1NC1N=C(Nc2cccc(C)c2)NC(Nc2cccc(C)c2)=N1. The summed E-state index contributed by atoms with van der Waals surface area (Å²) in [6.07, 6.45) is -0.544. The molecule has 0 aliphatic carbocycles. The van der Waals surface area contributed by atoms with Crippen LogP contribution in [0.2, 0.25) is 0 Å². The Morgan fingerprint density at radius 3 is 1.90 bits per heavy atom. The third-order valence-corrected chi connectivity index (χ3v) is 4.69. The molecule has 0 fully saturated rings. The molecule has 1 aliphatic heterocycles. The molecule has 0 saturated heterocycles. The Bertz CT molecular complexity index is 1060. The first-order valence-corrected chi connectivity index (χ1v) is 10.1. The number of nitrogens with one attached hydrogen (secondary N) is 4. The van der Waals surface area contributed by atoms with E-state index in [-0.39, 0.29) is 0 Å². The van der Waals surface area contributed by atoms with Crippen LogP contribution in [0.25, 0.3) is 0 Å². The van der Waals surface area contributed by atoms with E-state index in [1.54, 1.807) is 7.11 Å². The smallest absolute Gasteiger partial charge is 0.221 e. The minimum absolute atomic E-state index is 0.544. The molecule has 7 nitrogen and oxygen atoms in total. The van der Waals surface area contributed by atoms with Crippen molar-refractivity contribution in [3.63, 3.8) is 0 Å². The van der Waals surface area contributed by atoms with Crippen molar-refractivity contribution >= 4 is 29.0 Å². The molecule has 0 aromatic heterocycles. The molecule has 0 unspecified atom stereocenters. The van der Waals surface area contributed by atoms with Crippen LogP contribution in [0, 0.1) is 13.8 Å². The minimum atomic E-state index is -0.544. The Labute approximate surface area is 182 Å². The number of aliphatic imine (C=N–C) groups is 2. The summed E-state index contributed by atoms with van der Waals surface area (Å²) in [5.74, 6) is 1.90. The molecule has 1 heterocycles. The molecule has 0 saturated carbocycles. The molecule has 31 heavy (non-hydrogen) atoms. The first-order chi connectivity index (χ1) is 15.1. The fourth-order valence-electron chi connectivity index (χ4n) is 3.26. The lowest BCUT2D eigenvalue weighted by molar-refractivity contribution is 0.416. The van der Waals surface area contributed by atoms with Gasteiger partial charge in [0, 0.05) is 11.4 Å². The Kier molecular flexibility index (Phi) is 6.03. The highest BCUT2D eigenvalue weighted by atomic mass is 16.5. The molecule has 3 aromatic rings. The molecule has 158 valence electrons. The maximum atomic E-state index is 5.45. The van der Waals surface area contributed by atoms with Crippen LogP contribution in [0.3, 0.4) is 0 Å². The number of ether oxygens (including phenoxy) is 1. The van der Waals surface area contributed by atoms with Crippen molar-refractivity contribution in [3.8, 4) is 5.75 Å². The van der Waals surface area contributed by atoms with Crippen molar-refractivity contribution in [3.05, 3.63) is 83.9 Å². The van der Waals surface area contributed by atoms with Gasteiger partial charge >= 0.3 is 0 Å². The molecule has 0 radical (unpaired) electrons. The molecule has 4 N–H and O–H groups in total. The highest BCUT2D eigenvalue weighted by Gasteiger charge is 2.18.